The van der Waals surface area contributed by atoms with Crippen molar-refractivity contribution < 1.29 is 28.8 Å². The minimum Gasteiger partial charge on any atom is -0.289 e. The molecule has 10 aromatic rings. The quantitative estimate of drug-likeness (QED) is 0.0948. The minimum atomic E-state index is -0.389. The molecule has 0 atom stereocenters. The summed E-state index contributed by atoms with van der Waals surface area (Å²) in [7, 11) is 0. The molecule has 360 valence electrons. The van der Waals surface area contributed by atoms with Gasteiger partial charge in [-0.2, -0.15) is 0 Å². The molecular formula is C69H48O6. The predicted octanol–water partition coefficient (Wildman–Crippen LogP) is 15.0. The van der Waals surface area contributed by atoms with Gasteiger partial charge < -0.3 is 0 Å². The van der Waals surface area contributed by atoms with Gasteiger partial charge in [-0.3, -0.25) is 28.8 Å². The van der Waals surface area contributed by atoms with Crippen molar-refractivity contribution in [3.05, 3.63) is 320 Å². The van der Waals surface area contributed by atoms with E-state index in [4.69, 9.17) is 0 Å². The molecule has 0 spiro atoms. The van der Waals surface area contributed by atoms with Crippen molar-refractivity contribution in [1.82, 2.24) is 0 Å². The van der Waals surface area contributed by atoms with Crippen molar-refractivity contribution in [1.29, 1.82) is 0 Å². The molecular weight excluding hydrogens is 925 g/mol. The van der Waals surface area contributed by atoms with Gasteiger partial charge in [-0.25, -0.2) is 0 Å². The molecule has 0 N–H and O–H groups in total. The fourth-order valence-corrected chi connectivity index (χ4v) is 9.34. The molecule has 0 bridgehead atoms. The second kappa shape index (κ2) is 21.1. The van der Waals surface area contributed by atoms with Gasteiger partial charge in [0.2, 0.25) is 0 Å². The molecule has 0 unspecified atom stereocenters. The van der Waals surface area contributed by atoms with Gasteiger partial charge in [0.25, 0.3) is 0 Å². The Labute approximate surface area is 435 Å². The van der Waals surface area contributed by atoms with Crippen molar-refractivity contribution in [3.63, 3.8) is 0 Å². The lowest BCUT2D eigenvalue weighted by Crippen LogP contribution is -2.11. The number of benzene rings is 10. The first-order valence-corrected chi connectivity index (χ1v) is 24.6. The highest BCUT2D eigenvalue weighted by Crippen LogP contribution is 2.30. The van der Waals surface area contributed by atoms with E-state index in [0.717, 1.165) is 50.1 Å². The fraction of sp³-hybridized carbons (Fsp3) is 0.0435. The molecule has 0 aromatic heterocycles. The van der Waals surface area contributed by atoms with Gasteiger partial charge in [-0.1, -0.05) is 200 Å². The summed E-state index contributed by atoms with van der Waals surface area (Å²) in [5, 5.41) is 0. The number of hydrogen-bond acceptors (Lipinski definition) is 6. The van der Waals surface area contributed by atoms with Crippen molar-refractivity contribution in [2.75, 3.05) is 0 Å². The van der Waals surface area contributed by atoms with Gasteiger partial charge in [0, 0.05) is 66.8 Å². The molecule has 0 aliphatic carbocycles. The molecule has 0 saturated heterocycles. The Hall–Kier alpha value is -9.78. The zero-order valence-corrected chi connectivity index (χ0v) is 41.5. The maximum absolute atomic E-state index is 14.5. The SMILES string of the molecule is Cc1ccc(-c2ccc(C(=O)c3cc(C(=O)c4ccc(-c5ccc(C)c(C(=O)c6ccccc6)c5)cc4)cc(C(=O)c4ccc(-c5ccc(C)c(C(=O)c6ccccc6)c5)cc4)c3)cc2)cc1C(=O)c1ccccc1. The first-order chi connectivity index (χ1) is 36.4. The Morgan fingerprint density at radius 2 is 0.413 bits per heavy atom. The molecule has 10 aromatic carbocycles. The molecule has 0 saturated carbocycles. The summed E-state index contributed by atoms with van der Waals surface area (Å²) in [4.78, 5) is 84.0. The third-order valence-electron chi connectivity index (χ3n) is 13.7. The Morgan fingerprint density at radius 1 is 0.200 bits per heavy atom. The topological polar surface area (TPSA) is 102 Å². The van der Waals surface area contributed by atoms with Crippen LogP contribution in [-0.2, 0) is 0 Å². The van der Waals surface area contributed by atoms with Crippen LogP contribution in [0.1, 0.15) is 112 Å². The van der Waals surface area contributed by atoms with E-state index < -0.39 is 0 Å². The van der Waals surface area contributed by atoms with E-state index >= 15 is 0 Å². The molecule has 0 amide bonds. The highest BCUT2D eigenvalue weighted by Gasteiger charge is 2.22. The molecule has 10 rings (SSSR count). The van der Waals surface area contributed by atoms with E-state index in [9.17, 15) is 28.8 Å². The first-order valence-electron chi connectivity index (χ1n) is 24.6. The van der Waals surface area contributed by atoms with Crippen molar-refractivity contribution in [3.8, 4) is 33.4 Å². The van der Waals surface area contributed by atoms with Gasteiger partial charge in [-0.05, 0) is 107 Å². The van der Waals surface area contributed by atoms with Crippen LogP contribution in [0.5, 0.6) is 0 Å². The van der Waals surface area contributed by atoms with Gasteiger partial charge in [0.05, 0.1) is 0 Å². The Kier molecular flexibility index (Phi) is 13.8. The number of aryl methyl sites for hydroxylation is 3. The summed E-state index contributed by atoms with van der Waals surface area (Å²) in [6.45, 7) is 5.71. The molecule has 0 fully saturated rings. The van der Waals surface area contributed by atoms with E-state index in [0.29, 0.717) is 50.1 Å². The average Bonchev–Trinajstić information content (AvgIpc) is 3.47. The molecule has 0 aliphatic rings. The van der Waals surface area contributed by atoms with Gasteiger partial charge in [0.1, 0.15) is 0 Å². The normalized spacial score (nSPS) is 10.9. The maximum Gasteiger partial charge on any atom is 0.193 e. The summed E-state index contributed by atoms with van der Waals surface area (Å²) < 4.78 is 0. The number of carbonyl (C=O) groups is 6. The predicted molar refractivity (Wildman–Crippen MR) is 296 cm³/mol. The number of rotatable bonds is 15. The standard InChI is InChI=1S/C69H48O6/c1-43-19-22-55(40-61(43)67(73)49-13-7-4-8-14-49)46-25-31-52(32-26-46)64(70)58-37-59(65(71)53-33-27-47(28-34-53)56-23-20-44(2)62(41-56)68(74)50-15-9-5-10-16-50)39-60(38-58)66(72)54-35-29-48(30-36-54)57-24-21-45(3)63(42-57)69(75)51-17-11-6-12-18-51/h4-42H,1-3H3. The van der Waals surface area contributed by atoms with Gasteiger partial charge in [-0.15, -0.1) is 0 Å². The van der Waals surface area contributed by atoms with Crippen LogP contribution in [0.25, 0.3) is 33.4 Å². The summed E-state index contributed by atoms with van der Waals surface area (Å²) in [5.41, 5.74) is 12.4. The highest BCUT2D eigenvalue weighted by atomic mass is 16.1. The Bertz CT molecular complexity index is 3440. The van der Waals surface area contributed by atoms with Crippen LogP contribution < -0.4 is 0 Å². The Morgan fingerprint density at radius 3 is 0.653 bits per heavy atom. The summed E-state index contributed by atoms with van der Waals surface area (Å²) in [6, 6.07) is 70.3. The van der Waals surface area contributed by atoms with Gasteiger partial charge in [0.15, 0.2) is 34.7 Å². The van der Waals surface area contributed by atoms with Crippen LogP contribution >= 0.6 is 0 Å². The van der Waals surface area contributed by atoms with E-state index in [1.165, 1.54) is 18.2 Å². The lowest BCUT2D eigenvalue weighted by atomic mass is 9.90. The van der Waals surface area contributed by atoms with Crippen LogP contribution in [0.2, 0.25) is 0 Å². The monoisotopic (exact) mass is 972 g/mol. The zero-order valence-electron chi connectivity index (χ0n) is 41.5. The highest BCUT2D eigenvalue weighted by molar-refractivity contribution is 6.18. The fourth-order valence-electron chi connectivity index (χ4n) is 9.34. The van der Waals surface area contributed by atoms with Gasteiger partial charge >= 0.3 is 0 Å². The largest absolute Gasteiger partial charge is 0.289 e. The second-order valence-corrected chi connectivity index (χ2v) is 18.7. The zero-order chi connectivity index (χ0) is 52.2. The van der Waals surface area contributed by atoms with Crippen molar-refractivity contribution >= 4 is 34.7 Å². The molecule has 0 aliphatic heterocycles. The van der Waals surface area contributed by atoms with E-state index in [2.05, 4.69) is 0 Å². The molecule has 75 heavy (non-hydrogen) atoms. The molecule has 0 heterocycles. The molecule has 6 nitrogen and oxygen atoms in total. The summed E-state index contributed by atoms with van der Waals surface area (Å²) in [5.74, 6) is -1.41. The smallest absolute Gasteiger partial charge is 0.193 e. The van der Waals surface area contributed by atoms with E-state index in [1.54, 1.807) is 72.8 Å². The molecule has 0 radical (unpaired) electrons. The van der Waals surface area contributed by atoms with Crippen LogP contribution in [0.3, 0.4) is 0 Å². The minimum absolute atomic E-state index is 0.0810. The number of carbonyl (C=O) groups excluding carboxylic acids is 6. The van der Waals surface area contributed by atoms with Crippen LogP contribution in [0, 0.1) is 20.8 Å². The van der Waals surface area contributed by atoms with E-state index in [1.807, 2.05) is 166 Å². The lowest BCUT2D eigenvalue weighted by molar-refractivity contribution is 0.102. The third kappa shape index (κ3) is 10.3. The molecule has 6 heteroatoms. The average molecular weight is 973 g/mol. The summed E-state index contributed by atoms with van der Waals surface area (Å²) >= 11 is 0. The maximum atomic E-state index is 14.5. The van der Waals surface area contributed by atoms with Crippen LogP contribution in [0.4, 0.5) is 0 Å². The first kappa shape index (κ1) is 48.8. The van der Waals surface area contributed by atoms with Crippen molar-refractivity contribution in [2.45, 2.75) is 20.8 Å². The number of ketones is 6. The van der Waals surface area contributed by atoms with Crippen molar-refractivity contribution in [2.24, 2.45) is 0 Å². The van der Waals surface area contributed by atoms with Crippen LogP contribution in [0.15, 0.2) is 237 Å². The lowest BCUT2D eigenvalue weighted by Gasteiger charge is -2.12. The number of hydrogen-bond donors (Lipinski definition) is 0. The third-order valence-corrected chi connectivity index (χ3v) is 13.7. The Balaban J connectivity index is 0.963. The van der Waals surface area contributed by atoms with E-state index in [-0.39, 0.29) is 51.4 Å². The summed E-state index contributed by atoms with van der Waals surface area (Å²) in [6.07, 6.45) is 0. The van der Waals surface area contributed by atoms with Crippen LogP contribution in [-0.4, -0.2) is 34.7 Å². The second-order valence-electron chi connectivity index (χ2n) is 18.7.